The van der Waals surface area contributed by atoms with E-state index in [9.17, 15) is 9.59 Å². The van der Waals surface area contributed by atoms with E-state index in [2.05, 4.69) is 4.90 Å². The first-order valence-corrected chi connectivity index (χ1v) is 7.12. The van der Waals surface area contributed by atoms with Gasteiger partial charge in [0.15, 0.2) is 0 Å². The maximum absolute atomic E-state index is 11.5. The van der Waals surface area contributed by atoms with Crippen molar-refractivity contribution in [1.82, 2.24) is 9.80 Å². The minimum absolute atomic E-state index is 0.115. The lowest BCUT2D eigenvalue weighted by Gasteiger charge is -2.45. The van der Waals surface area contributed by atoms with E-state index in [1.807, 2.05) is 0 Å². The van der Waals surface area contributed by atoms with Crippen LogP contribution in [0.1, 0.15) is 46.0 Å². The Bertz CT molecular complexity index is 314. The number of hydrogen-bond acceptors (Lipinski definition) is 3. The molecule has 0 unspecified atom stereocenters. The van der Waals surface area contributed by atoms with Crippen LogP contribution in [-0.4, -0.2) is 47.3 Å². The number of piperidine rings is 2. The molecule has 0 aromatic carbocycles. The Hall–Kier alpha value is -0.900. The van der Waals surface area contributed by atoms with Gasteiger partial charge in [-0.15, -0.1) is 0 Å². The highest BCUT2D eigenvalue weighted by molar-refractivity contribution is 5.92. The van der Waals surface area contributed by atoms with Gasteiger partial charge in [0, 0.05) is 26.4 Å². The minimum atomic E-state index is -0.115. The fraction of sp³-hybridized carbons (Fsp3) is 0.857. The van der Waals surface area contributed by atoms with Crippen molar-refractivity contribution in [3.63, 3.8) is 0 Å². The summed E-state index contributed by atoms with van der Waals surface area (Å²) < 4.78 is 0. The van der Waals surface area contributed by atoms with Gasteiger partial charge in [0.05, 0.1) is 0 Å². The number of hydrogen-bond donors (Lipinski definition) is 0. The van der Waals surface area contributed by atoms with Crippen LogP contribution in [0.3, 0.4) is 0 Å². The molecule has 2 rings (SSSR count). The van der Waals surface area contributed by atoms with Gasteiger partial charge in [0.2, 0.25) is 11.8 Å². The van der Waals surface area contributed by atoms with Gasteiger partial charge in [-0.25, -0.2) is 0 Å². The van der Waals surface area contributed by atoms with Crippen molar-refractivity contribution < 1.29 is 9.59 Å². The highest BCUT2D eigenvalue weighted by Crippen LogP contribution is 2.31. The molecule has 0 radical (unpaired) electrons. The fourth-order valence-corrected chi connectivity index (χ4v) is 3.50. The lowest BCUT2D eigenvalue weighted by atomic mass is 9.83. The summed E-state index contributed by atoms with van der Waals surface area (Å²) in [7, 11) is 0. The van der Waals surface area contributed by atoms with Gasteiger partial charge >= 0.3 is 0 Å². The highest BCUT2D eigenvalue weighted by atomic mass is 16.2. The van der Waals surface area contributed by atoms with Gasteiger partial charge in [0.25, 0.3) is 0 Å². The summed E-state index contributed by atoms with van der Waals surface area (Å²) in [5, 5.41) is 0. The molecule has 2 aliphatic heterocycles. The third-order valence-electron chi connectivity index (χ3n) is 4.41. The Balaban J connectivity index is 2.02. The largest absolute Gasteiger partial charge is 0.300 e. The summed E-state index contributed by atoms with van der Waals surface area (Å²) >= 11 is 0. The summed E-state index contributed by atoms with van der Waals surface area (Å²) in [4.78, 5) is 27.0. The number of carbonyl (C=O) groups is 2. The second kappa shape index (κ2) is 5.83. The summed E-state index contributed by atoms with van der Waals surface area (Å²) in [6.45, 7) is 5.99. The molecule has 2 atom stereocenters. The van der Waals surface area contributed by atoms with Gasteiger partial charge < -0.3 is 4.90 Å². The summed E-state index contributed by atoms with van der Waals surface area (Å²) in [6, 6.07) is 0.591. The van der Waals surface area contributed by atoms with Crippen LogP contribution in [0, 0.1) is 5.92 Å². The van der Waals surface area contributed by atoms with Crippen LogP contribution in [0.5, 0.6) is 0 Å². The van der Waals surface area contributed by atoms with E-state index in [0.717, 1.165) is 6.42 Å². The lowest BCUT2D eigenvalue weighted by molar-refractivity contribution is -0.143. The Morgan fingerprint density at radius 1 is 1.06 bits per heavy atom. The van der Waals surface area contributed by atoms with E-state index >= 15 is 0 Å². The topological polar surface area (TPSA) is 40.6 Å². The van der Waals surface area contributed by atoms with Crippen molar-refractivity contribution in [2.45, 2.75) is 52.0 Å². The molecular formula is C14H24N2O2. The van der Waals surface area contributed by atoms with Gasteiger partial charge in [0.1, 0.15) is 0 Å². The zero-order chi connectivity index (χ0) is 13.1. The van der Waals surface area contributed by atoms with E-state index in [4.69, 9.17) is 0 Å². The van der Waals surface area contributed by atoms with Crippen molar-refractivity contribution in [1.29, 1.82) is 0 Å². The second-order valence-corrected chi connectivity index (χ2v) is 5.65. The highest BCUT2D eigenvalue weighted by Gasteiger charge is 2.34. The first kappa shape index (κ1) is 13.5. The quantitative estimate of drug-likeness (QED) is 0.750. The number of carbonyl (C=O) groups excluding carboxylic acids is 2. The number of rotatable bonds is 2. The smallest absolute Gasteiger partial charge is 0.226 e. The minimum Gasteiger partial charge on any atom is -0.300 e. The van der Waals surface area contributed by atoms with Crippen LogP contribution in [0.4, 0.5) is 0 Å². The maximum Gasteiger partial charge on any atom is 0.226 e. The van der Waals surface area contributed by atoms with Crippen LogP contribution in [-0.2, 0) is 9.59 Å². The molecule has 0 spiro atoms. The second-order valence-electron chi connectivity index (χ2n) is 5.65. The Labute approximate surface area is 109 Å². The molecule has 0 N–H and O–H groups in total. The number of imide groups is 1. The van der Waals surface area contributed by atoms with Gasteiger partial charge in [-0.05, 0) is 44.7 Å². The van der Waals surface area contributed by atoms with Crippen LogP contribution in [0.2, 0.25) is 0 Å². The van der Waals surface area contributed by atoms with Crippen LogP contribution >= 0.6 is 0 Å². The molecule has 2 saturated heterocycles. The zero-order valence-corrected chi connectivity index (χ0v) is 11.5. The SMILES string of the molecule is CC(=O)N(C[C@H]1CCCN2CCCC[C@@H]12)C(C)=O. The molecule has 18 heavy (non-hydrogen) atoms. The average Bonchev–Trinajstić information content (AvgIpc) is 2.35. The molecule has 0 aromatic heterocycles. The molecule has 102 valence electrons. The zero-order valence-electron chi connectivity index (χ0n) is 11.5. The molecule has 2 amide bonds. The lowest BCUT2D eigenvalue weighted by Crippen LogP contribution is -2.52. The van der Waals surface area contributed by atoms with E-state index in [1.54, 1.807) is 0 Å². The van der Waals surface area contributed by atoms with Crippen LogP contribution in [0.25, 0.3) is 0 Å². The summed E-state index contributed by atoms with van der Waals surface area (Å²) in [6.07, 6.45) is 6.17. The molecule has 2 aliphatic rings. The molecular weight excluding hydrogens is 228 g/mol. The van der Waals surface area contributed by atoms with E-state index in [0.29, 0.717) is 18.5 Å². The standard InChI is InChI=1S/C14H24N2O2/c1-11(17)16(12(2)18)10-13-6-5-9-15-8-4-3-7-14(13)15/h13-14H,3-10H2,1-2H3/t13-,14+/m1/s1. The molecule has 0 aliphatic carbocycles. The number of nitrogens with zero attached hydrogens (tertiary/aromatic N) is 2. The normalized spacial score (nSPS) is 28.6. The fourth-order valence-electron chi connectivity index (χ4n) is 3.50. The Kier molecular flexibility index (Phi) is 4.38. The van der Waals surface area contributed by atoms with Crippen molar-refractivity contribution in [3.05, 3.63) is 0 Å². The number of amides is 2. The predicted octanol–water partition coefficient (Wildman–Crippen LogP) is 1.65. The first-order chi connectivity index (χ1) is 8.59. The molecule has 4 heteroatoms. The summed E-state index contributed by atoms with van der Waals surface area (Å²) in [5.41, 5.74) is 0. The van der Waals surface area contributed by atoms with Crippen molar-refractivity contribution in [3.8, 4) is 0 Å². The van der Waals surface area contributed by atoms with Gasteiger partial charge in [-0.2, -0.15) is 0 Å². The van der Waals surface area contributed by atoms with Crippen LogP contribution < -0.4 is 0 Å². The first-order valence-electron chi connectivity index (χ1n) is 7.12. The predicted molar refractivity (Wildman–Crippen MR) is 70.0 cm³/mol. The third kappa shape index (κ3) is 2.91. The molecule has 2 heterocycles. The van der Waals surface area contributed by atoms with Gasteiger partial charge in [-0.1, -0.05) is 6.42 Å². The van der Waals surface area contributed by atoms with E-state index < -0.39 is 0 Å². The van der Waals surface area contributed by atoms with Crippen molar-refractivity contribution in [2.75, 3.05) is 19.6 Å². The number of fused-ring (bicyclic) bond motifs is 1. The van der Waals surface area contributed by atoms with Crippen LogP contribution in [0.15, 0.2) is 0 Å². The molecule has 0 aromatic rings. The van der Waals surface area contributed by atoms with Gasteiger partial charge in [-0.3, -0.25) is 14.5 Å². The Morgan fingerprint density at radius 3 is 2.39 bits per heavy atom. The molecule has 4 nitrogen and oxygen atoms in total. The van der Waals surface area contributed by atoms with Crippen molar-refractivity contribution in [2.24, 2.45) is 5.92 Å². The maximum atomic E-state index is 11.5. The molecule has 0 saturated carbocycles. The monoisotopic (exact) mass is 252 g/mol. The average molecular weight is 252 g/mol. The Morgan fingerprint density at radius 2 is 1.72 bits per heavy atom. The van der Waals surface area contributed by atoms with E-state index in [-0.39, 0.29) is 11.8 Å². The summed E-state index contributed by atoms with van der Waals surface area (Å²) in [5.74, 6) is 0.248. The molecule has 0 bridgehead atoms. The third-order valence-corrected chi connectivity index (χ3v) is 4.41. The van der Waals surface area contributed by atoms with Crippen molar-refractivity contribution >= 4 is 11.8 Å². The van der Waals surface area contributed by atoms with E-state index in [1.165, 1.54) is 57.5 Å². The molecule has 2 fully saturated rings.